The lowest BCUT2D eigenvalue weighted by Gasteiger charge is -2.04. The highest BCUT2D eigenvalue weighted by atomic mass is 16.6. The van der Waals surface area contributed by atoms with Crippen LogP contribution in [0.3, 0.4) is 0 Å². The number of nitrogens with one attached hydrogen (secondary N) is 2. The molecule has 1 aromatic carbocycles. The van der Waals surface area contributed by atoms with Crippen LogP contribution in [0.2, 0.25) is 0 Å². The average Bonchev–Trinajstić information content (AvgIpc) is 2.30. The first-order valence-corrected chi connectivity index (χ1v) is 5.32. The number of hydrogen-bond acceptors (Lipinski definition) is 4. The number of benzene rings is 1. The summed E-state index contributed by atoms with van der Waals surface area (Å²) in [6, 6.07) is 5.77. The summed E-state index contributed by atoms with van der Waals surface area (Å²) < 4.78 is 0. The van der Waals surface area contributed by atoms with Gasteiger partial charge in [-0.2, -0.15) is 0 Å². The maximum atomic E-state index is 11.4. The summed E-state index contributed by atoms with van der Waals surface area (Å²) in [6.07, 6.45) is 1.19. The molecule has 0 aromatic heterocycles. The topological polar surface area (TPSA) is 84.3 Å². The second-order valence-corrected chi connectivity index (χ2v) is 3.56. The summed E-state index contributed by atoms with van der Waals surface area (Å²) in [4.78, 5) is 21.4. The van der Waals surface area contributed by atoms with Crippen molar-refractivity contribution in [1.29, 1.82) is 0 Å². The minimum atomic E-state index is -0.474. The molecule has 92 valence electrons. The minimum Gasteiger partial charge on any atom is -0.326 e. The Kier molecular flexibility index (Phi) is 5.09. The van der Waals surface area contributed by atoms with Crippen molar-refractivity contribution in [3.05, 3.63) is 34.4 Å². The number of nitro benzene ring substituents is 1. The molecule has 0 saturated carbocycles. The van der Waals surface area contributed by atoms with Crippen molar-refractivity contribution in [2.24, 2.45) is 0 Å². The van der Waals surface area contributed by atoms with Gasteiger partial charge in [-0.3, -0.25) is 14.9 Å². The van der Waals surface area contributed by atoms with Crippen molar-refractivity contribution >= 4 is 17.3 Å². The summed E-state index contributed by atoms with van der Waals surface area (Å²) >= 11 is 0. The van der Waals surface area contributed by atoms with Crippen LogP contribution < -0.4 is 10.6 Å². The Morgan fingerprint density at radius 2 is 2.00 bits per heavy atom. The molecule has 1 amide bonds. The molecule has 0 saturated heterocycles. The lowest BCUT2D eigenvalue weighted by Crippen LogP contribution is -2.15. The number of amides is 1. The molecule has 1 rings (SSSR count). The van der Waals surface area contributed by atoms with Gasteiger partial charge in [0.2, 0.25) is 5.91 Å². The van der Waals surface area contributed by atoms with Crippen LogP contribution in [-0.2, 0) is 4.79 Å². The van der Waals surface area contributed by atoms with Crippen LogP contribution in [0.4, 0.5) is 11.4 Å². The molecule has 6 heteroatoms. The number of hydrogen-bond donors (Lipinski definition) is 2. The second kappa shape index (κ2) is 6.59. The first kappa shape index (κ1) is 13.1. The van der Waals surface area contributed by atoms with E-state index < -0.39 is 4.92 Å². The number of anilines is 1. The predicted octanol–water partition coefficient (Wildman–Crippen LogP) is 1.53. The van der Waals surface area contributed by atoms with Gasteiger partial charge in [-0.25, -0.2) is 0 Å². The van der Waals surface area contributed by atoms with Gasteiger partial charge in [-0.1, -0.05) is 0 Å². The summed E-state index contributed by atoms with van der Waals surface area (Å²) in [6.45, 7) is 0.785. The van der Waals surface area contributed by atoms with Crippen LogP contribution in [-0.4, -0.2) is 24.4 Å². The van der Waals surface area contributed by atoms with Gasteiger partial charge in [0, 0.05) is 24.2 Å². The van der Waals surface area contributed by atoms with Crippen molar-refractivity contribution in [3.8, 4) is 0 Å². The van der Waals surface area contributed by atoms with Gasteiger partial charge in [0.15, 0.2) is 0 Å². The number of nitrogens with zero attached hydrogens (tertiary/aromatic N) is 1. The highest BCUT2D eigenvalue weighted by Crippen LogP contribution is 2.15. The lowest BCUT2D eigenvalue weighted by molar-refractivity contribution is -0.384. The number of non-ortho nitro benzene ring substituents is 1. The Morgan fingerprint density at radius 3 is 2.53 bits per heavy atom. The zero-order valence-electron chi connectivity index (χ0n) is 9.60. The van der Waals surface area contributed by atoms with E-state index in [4.69, 9.17) is 0 Å². The van der Waals surface area contributed by atoms with Crippen LogP contribution in [0.1, 0.15) is 12.8 Å². The summed E-state index contributed by atoms with van der Waals surface area (Å²) in [5.41, 5.74) is 0.586. The first-order valence-electron chi connectivity index (χ1n) is 5.32. The number of carbonyl (C=O) groups is 1. The van der Waals surface area contributed by atoms with Gasteiger partial charge in [-0.15, -0.1) is 0 Å². The van der Waals surface area contributed by atoms with Gasteiger partial charge in [0.25, 0.3) is 5.69 Å². The van der Waals surface area contributed by atoms with Gasteiger partial charge in [-0.05, 0) is 32.1 Å². The van der Waals surface area contributed by atoms with Crippen LogP contribution in [0.5, 0.6) is 0 Å². The normalized spacial score (nSPS) is 9.94. The van der Waals surface area contributed by atoms with Gasteiger partial charge < -0.3 is 10.6 Å². The highest BCUT2D eigenvalue weighted by molar-refractivity contribution is 5.90. The van der Waals surface area contributed by atoms with E-state index in [0.29, 0.717) is 12.1 Å². The van der Waals surface area contributed by atoms with E-state index in [1.165, 1.54) is 24.3 Å². The van der Waals surface area contributed by atoms with E-state index >= 15 is 0 Å². The molecule has 0 spiro atoms. The molecular weight excluding hydrogens is 222 g/mol. The fourth-order valence-corrected chi connectivity index (χ4v) is 1.32. The van der Waals surface area contributed by atoms with E-state index in [1.807, 2.05) is 7.05 Å². The fraction of sp³-hybridized carbons (Fsp3) is 0.364. The molecule has 0 fully saturated rings. The Balaban J connectivity index is 2.46. The van der Waals surface area contributed by atoms with Gasteiger partial charge in [0.1, 0.15) is 0 Å². The molecule has 0 aliphatic heterocycles. The molecule has 0 unspecified atom stereocenters. The van der Waals surface area contributed by atoms with Crippen LogP contribution >= 0.6 is 0 Å². The molecule has 0 heterocycles. The molecule has 0 radical (unpaired) electrons. The standard InChI is InChI=1S/C11H15N3O3/c1-12-8-2-3-11(15)13-9-4-6-10(7-5-9)14(16)17/h4-7,12H,2-3,8H2,1H3,(H,13,15). The maximum absolute atomic E-state index is 11.4. The molecule has 0 bridgehead atoms. The van der Waals surface area contributed by atoms with E-state index in [1.54, 1.807) is 0 Å². The second-order valence-electron chi connectivity index (χ2n) is 3.56. The largest absolute Gasteiger partial charge is 0.326 e. The third kappa shape index (κ3) is 4.60. The van der Waals surface area contributed by atoms with Gasteiger partial charge >= 0.3 is 0 Å². The van der Waals surface area contributed by atoms with Crippen molar-refractivity contribution in [3.63, 3.8) is 0 Å². The highest BCUT2D eigenvalue weighted by Gasteiger charge is 2.05. The zero-order chi connectivity index (χ0) is 12.7. The van der Waals surface area contributed by atoms with Crippen LogP contribution in [0, 0.1) is 10.1 Å². The average molecular weight is 237 g/mol. The van der Waals surface area contributed by atoms with Crippen molar-refractivity contribution < 1.29 is 9.72 Å². The quantitative estimate of drug-likeness (QED) is 0.446. The Hall–Kier alpha value is -1.95. The Morgan fingerprint density at radius 1 is 1.35 bits per heavy atom. The van der Waals surface area contributed by atoms with Crippen LogP contribution in [0.15, 0.2) is 24.3 Å². The first-order chi connectivity index (χ1) is 8.13. The zero-order valence-corrected chi connectivity index (χ0v) is 9.60. The molecule has 1 aromatic rings. The van der Waals surface area contributed by atoms with Crippen molar-refractivity contribution in [2.45, 2.75) is 12.8 Å². The lowest BCUT2D eigenvalue weighted by atomic mass is 10.2. The SMILES string of the molecule is CNCCCC(=O)Nc1ccc([N+](=O)[O-])cc1. The smallest absolute Gasteiger partial charge is 0.269 e. The summed E-state index contributed by atoms with van der Waals surface area (Å²) in [5.74, 6) is -0.0888. The summed E-state index contributed by atoms with van der Waals surface area (Å²) in [5, 5.41) is 16.0. The summed E-state index contributed by atoms with van der Waals surface area (Å²) in [7, 11) is 1.83. The molecule has 0 aliphatic rings. The van der Waals surface area contributed by atoms with E-state index in [0.717, 1.165) is 13.0 Å². The number of rotatable bonds is 6. The fourth-order valence-electron chi connectivity index (χ4n) is 1.32. The number of carbonyl (C=O) groups excluding carboxylic acids is 1. The molecule has 2 N–H and O–H groups in total. The van der Waals surface area contributed by atoms with Crippen molar-refractivity contribution in [1.82, 2.24) is 5.32 Å². The Bertz CT molecular complexity index is 389. The molecule has 6 nitrogen and oxygen atoms in total. The molecular formula is C11H15N3O3. The molecule has 0 atom stereocenters. The van der Waals surface area contributed by atoms with E-state index in [-0.39, 0.29) is 11.6 Å². The minimum absolute atomic E-state index is 0.0122. The Labute approximate surface area is 99.2 Å². The third-order valence-corrected chi connectivity index (χ3v) is 2.19. The van der Waals surface area contributed by atoms with Gasteiger partial charge in [0.05, 0.1) is 4.92 Å². The van der Waals surface area contributed by atoms with Crippen molar-refractivity contribution in [2.75, 3.05) is 18.9 Å². The molecule has 17 heavy (non-hydrogen) atoms. The maximum Gasteiger partial charge on any atom is 0.269 e. The van der Waals surface area contributed by atoms with E-state index in [9.17, 15) is 14.9 Å². The molecule has 0 aliphatic carbocycles. The number of nitro groups is 1. The van der Waals surface area contributed by atoms with E-state index in [2.05, 4.69) is 10.6 Å². The van der Waals surface area contributed by atoms with Crippen LogP contribution in [0.25, 0.3) is 0 Å². The predicted molar refractivity (Wildman–Crippen MR) is 64.9 cm³/mol. The third-order valence-electron chi connectivity index (χ3n) is 2.19. The monoisotopic (exact) mass is 237 g/mol.